The smallest absolute Gasteiger partial charge is 0.319 e. The van der Waals surface area contributed by atoms with Crippen LogP contribution in [0.4, 0.5) is 0 Å². The van der Waals surface area contributed by atoms with Crippen LogP contribution in [0.2, 0.25) is 0 Å². The van der Waals surface area contributed by atoms with E-state index in [-0.39, 0.29) is 30.2 Å². The Kier molecular flexibility index (Phi) is 5.51. The highest BCUT2D eigenvalue weighted by Crippen LogP contribution is 2.45. The fourth-order valence-corrected chi connectivity index (χ4v) is 2.73. The fraction of sp³-hybridized carbons (Fsp3) is 0.222. The van der Waals surface area contributed by atoms with Crippen LogP contribution >= 0.6 is 69.6 Å². The number of hydrogen-bond donors (Lipinski definition) is 0. The Morgan fingerprint density at radius 2 is 1.24 bits per heavy atom. The second-order valence-electron chi connectivity index (χ2n) is 2.91. The zero-order valence-corrected chi connectivity index (χ0v) is 12.7. The van der Waals surface area contributed by atoms with Crippen LogP contribution in [0.1, 0.15) is 0 Å². The fourth-order valence-electron chi connectivity index (χ4n) is 1.09. The molecule has 0 radical (unpaired) electrons. The molecule has 0 saturated heterocycles. The normalized spacial score (nSPS) is 18.8. The van der Waals surface area contributed by atoms with Crippen molar-refractivity contribution in [3.8, 4) is 0 Å². The highest BCUT2D eigenvalue weighted by Gasteiger charge is 2.34. The molecule has 0 N–H and O–H groups in total. The van der Waals surface area contributed by atoms with Gasteiger partial charge in [0.2, 0.25) is 0 Å². The van der Waals surface area contributed by atoms with Gasteiger partial charge in [-0.2, -0.15) is 0 Å². The number of carbonyl (C=O) groups excluding carboxylic acids is 1. The molecule has 0 unspecified atom stereocenters. The minimum atomic E-state index is -1.13. The molecule has 0 heterocycles. The maximum Gasteiger partial charge on any atom is 0.319 e. The van der Waals surface area contributed by atoms with Gasteiger partial charge in [-0.1, -0.05) is 69.6 Å². The number of hydrogen-bond acceptors (Lipinski definition) is 2. The lowest BCUT2D eigenvalue weighted by Gasteiger charge is -2.13. The third-order valence-electron chi connectivity index (χ3n) is 1.94. The van der Waals surface area contributed by atoms with Crippen molar-refractivity contribution in [2.24, 2.45) is 5.92 Å². The van der Waals surface area contributed by atoms with Crippen LogP contribution < -0.4 is 0 Å². The van der Waals surface area contributed by atoms with Crippen LogP contribution in [-0.4, -0.2) is 13.1 Å². The van der Waals surface area contributed by atoms with Gasteiger partial charge < -0.3 is 4.74 Å². The van der Waals surface area contributed by atoms with Crippen LogP contribution in [0.25, 0.3) is 0 Å². The lowest BCUT2D eigenvalue weighted by molar-refractivity contribution is -0.142. The Balaban J connectivity index is 3.51. The zero-order chi connectivity index (χ0) is 13.3. The molecular weight excluding hydrogens is 353 g/mol. The van der Waals surface area contributed by atoms with Crippen LogP contribution in [0.3, 0.4) is 0 Å². The molecule has 94 valence electrons. The van der Waals surface area contributed by atoms with Gasteiger partial charge in [0.15, 0.2) is 0 Å². The van der Waals surface area contributed by atoms with E-state index in [1.54, 1.807) is 0 Å². The Morgan fingerprint density at radius 1 is 0.882 bits per heavy atom. The van der Waals surface area contributed by atoms with E-state index >= 15 is 0 Å². The topological polar surface area (TPSA) is 26.3 Å². The number of ether oxygens (including phenoxy) is 1. The molecule has 0 fully saturated rings. The minimum absolute atomic E-state index is 0.0760. The molecule has 0 aromatic carbocycles. The van der Waals surface area contributed by atoms with Gasteiger partial charge in [-0.15, -0.1) is 0 Å². The van der Waals surface area contributed by atoms with Gasteiger partial charge in [-0.25, -0.2) is 0 Å². The summed E-state index contributed by atoms with van der Waals surface area (Å²) >= 11 is 35.2. The molecule has 0 aromatic rings. The standard InChI is InChI=1S/C9H4Cl6O2/c1-17-9(16)2-3(10)5(12)7(14)8(15)6(13)4(2)11/h2H,1H3. The van der Waals surface area contributed by atoms with E-state index in [1.165, 1.54) is 7.11 Å². The summed E-state index contributed by atoms with van der Waals surface area (Å²) in [5.74, 6) is -1.85. The Labute approximate surface area is 128 Å². The molecule has 0 amide bonds. The Hall–Kier alpha value is 0.430. The summed E-state index contributed by atoms with van der Waals surface area (Å²) in [4.78, 5) is 11.6. The molecule has 8 heteroatoms. The molecule has 1 aliphatic carbocycles. The Morgan fingerprint density at radius 3 is 1.53 bits per heavy atom. The summed E-state index contributed by atoms with van der Waals surface area (Å²) in [6.07, 6.45) is 0. The number of methoxy groups -OCH3 is 1. The molecule has 1 aliphatic rings. The SMILES string of the molecule is COC(=O)C1C(Cl)=C(Cl)C(Cl)=C(Cl)C(Cl)=C1Cl. The largest absolute Gasteiger partial charge is 0.468 e. The molecule has 0 spiro atoms. The van der Waals surface area contributed by atoms with Crippen molar-refractivity contribution in [3.63, 3.8) is 0 Å². The maximum absolute atomic E-state index is 11.6. The van der Waals surface area contributed by atoms with Crippen LogP contribution in [0.15, 0.2) is 30.2 Å². The summed E-state index contributed by atoms with van der Waals surface area (Å²) in [5.41, 5.74) is 0. The van der Waals surface area contributed by atoms with E-state index < -0.39 is 11.9 Å². The van der Waals surface area contributed by atoms with Gasteiger partial charge in [0.05, 0.1) is 37.3 Å². The highest BCUT2D eigenvalue weighted by molar-refractivity contribution is 6.56. The molecule has 17 heavy (non-hydrogen) atoms. The number of halogens is 6. The van der Waals surface area contributed by atoms with Gasteiger partial charge in [0.25, 0.3) is 0 Å². The van der Waals surface area contributed by atoms with Crippen molar-refractivity contribution in [3.05, 3.63) is 30.2 Å². The van der Waals surface area contributed by atoms with Crippen molar-refractivity contribution < 1.29 is 9.53 Å². The van der Waals surface area contributed by atoms with Crippen molar-refractivity contribution in [1.82, 2.24) is 0 Å². The molecule has 0 saturated carbocycles. The average Bonchev–Trinajstić information content (AvgIpc) is 2.37. The van der Waals surface area contributed by atoms with E-state index in [1.807, 2.05) is 0 Å². The zero-order valence-electron chi connectivity index (χ0n) is 8.16. The van der Waals surface area contributed by atoms with E-state index in [0.717, 1.165) is 0 Å². The van der Waals surface area contributed by atoms with Crippen LogP contribution in [0.5, 0.6) is 0 Å². The lowest BCUT2D eigenvalue weighted by atomic mass is 10.1. The Bertz CT molecular complexity index is 428. The number of rotatable bonds is 1. The molecular formula is C9H4Cl6O2. The molecule has 1 rings (SSSR count). The number of esters is 1. The lowest BCUT2D eigenvalue weighted by Crippen LogP contribution is -2.17. The van der Waals surface area contributed by atoms with Gasteiger partial charge in [0, 0.05) is 0 Å². The van der Waals surface area contributed by atoms with Gasteiger partial charge in [0.1, 0.15) is 5.92 Å². The van der Waals surface area contributed by atoms with E-state index in [9.17, 15) is 4.79 Å². The summed E-state index contributed by atoms with van der Waals surface area (Å²) in [6.45, 7) is 0. The first-order valence-corrected chi connectivity index (χ1v) is 6.33. The van der Waals surface area contributed by atoms with E-state index in [4.69, 9.17) is 69.6 Å². The molecule has 2 nitrogen and oxygen atoms in total. The third kappa shape index (κ3) is 2.89. The summed E-state index contributed by atoms with van der Waals surface area (Å²) < 4.78 is 4.56. The van der Waals surface area contributed by atoms with Crippen molar-refractivity contribution in [2.75, 3.05) is 7.11 Å². The van der Waals surface area contributed by atoms with E-state index in [0.29, 0.717) is 0 Å². The molecule has 0 bridgehead atoms. The first-order chi connectivity index (χ1) is 7.82. The highest BCUT2D eigenvalue weighted by atomic mass is 35.5. The molecule has 0 atom stereocenters. The summed E-state index contributed by atoms with van der Waals surface area (Å²) in [5, 5.41) is -0.532. The quantitative estimate of drug-likeness (QED) is 0.627. The monoisotopic (exact) mass is 354 g/mol. The van der Waals surface area contributed by atoms with Crippen molar-refractivity contribution in [2.45, 2.75) is 0 Å². The summed E-state index contributed by atoms with van der Waals surface area (Å²) in [7, 11) is 1.18. The minimum Gasteiger partial charge on any atom is -0.468 e. The number of allylic oxidation sites excluding steroid dienone is 4. The van der Waals surface area contributed by atoms with Crippen LogP contribution in [-0.2, 0) is 9.53 Å². The predicted molar refractivity (Wildman–Crippen MR) is 71.7 cm³/mol. The van der Waals surface area contributed by atoms with E-state index in [2.05, 4.69) is 4.74 Å². The van der Waals surface area contributed by atoms with Crippen molar-refractivity contribution >= 4 is 75.6 Å². The first-order valence-electron chi connectivity index (χ1n) is 4.07. The van der Waals surface area contributed by atoms with Gasteiger partial charge in [-0.05, 0) is 0 Å². The van der Waals surface area contributed by atoms with Crippen molar-refractivity contribution in [1.29, 1.82) is 0 Å². The molecule has 0 aliphatic heterocycles. The third-order valence-corrected chi connectivity index (χ3v) is 4.78. The molecule has 0 aromatic heterocycles. The average molecular weight is 357 g/mol. The van der Waals surface area contributed by atoms with Gasteiger partial charge >= 0.3 is 5.97 Å². The first kappa shape index (κ1) is 15.5. The second-order valence-corrected chi connectivity index (χ2v) is 5.23. The predicted octanol–water partition coefficient (Wildman–Crippen LogP) is 4.86. The summed E-state index contributed by atoms with van der Waals surface area (Å²) in [6, 6.07) is 0. The van der Waals surface area contributed by atoms with Gasteiger partial charge in [-0.3, -0.25) is 4.79 Å². The second kappa shape index (κ2) is 6.05. The van der Waals surface area contributed by atoms with Crippen LogP contribution in [0, 0.1) is 5.92 Å². The maximum atomic E-state index is 11.6. The number of carbonyl (C=O) groups is 1.